The molecular formula is C22H21N5O3. The summed E-state index contributed by atoms with van der Waals surface area (Å²) >= 11 is 0. The number of para-hydroxylation sites is 1. The van der Waals surface area contributed by atoms with Crippen LogP contribution in [0.25, 0.3) is 10.9 Å². The molecule has 0 aliphatic carbocycles. The average Bonchev–Trinajstić information content (AvgIpc) is 2.78. The van der Waals surface area contributed by atoms with Crippen LogP contribution in [0.5, 0.6) is 0 Å². The highest BCUT2D eigenvalue weighted by atomic mass is 16.2. The first-order valence-corrected chi connectivity index (χ1v) is 9.74. The fourth-order valence-corrected chi connectivity index (χ4v) is 3.75. The number of hydrogen-bond donors (Lipinski definition) is 2. The van der Waals surface area contributed by atoms with Gasteiger partial charge in [0.25, 0.3) is 0 Å². The molecule has 0 radical (unpaired) electrons. The Hall–Kier alpha value is -3.81. The maximum Gasteiger partial charge on any atom is 0.313 e. The largest absolute Gasteiger partial charge is 0.366 e. The predicted molar refractivity (Wildman–Crippen MR) is 111 cm³/mol. The molecule has 8 nitrogen and oxygen atoms in total. The number of likely N-dealkylation sites (tertiary alicyclic amines) is 1. The molecule has 30 heavy (non-hydrogen) atoms. The summed E-state index contributed by atoms with van der Waals surface area (Å²) < 4.78 is 0. The Labute approximate surface area is 173 Å². The SMILES string of the molecule is NC(=O)c1cncc(NC(=O)C(=O)N2CCCC[C@H]2c2cnc3ccccc3c2)c1. The standard InChI is InChI=1S/C22H21N5O3/c23-20(28)16-10-17(13-24-11-16)26-21(29)22(30)27-8-4-3-7-19(27)15-9-14-5-1-2-6-18(14)25-12-15/h1-2,5-6,9-13,19H,3-4,7-8H2,(H2,23,28)(H,26,29)/t19-/m0/s1. The number of pyridine rings is 2. The van der Waals surface area contributed by atoms with Gasteiger partial charge in [-0.25, -0.2) is 0 Å². The number of nitrogens with zero attached hydrogens (tertiary/aromatic N) is 3. The van der Waals surface area contributed by atoms with E-state index in [9.17, 15) is 14.4 Å². The van der Waals surface area contributed by atoms with Gasteiger partial charge in [0.15, 0.2) is 0 Å². The first-order valence-electron chi connectivity index (χ1n) is 9.74. The van der Waals surface area contributed by atoms with Crippen LogP contribution in [0.2, 0.25) is 0 Å². The van der Waals surface area contributed by atoms with E-state index < -0.39 is 17.7 Å². The van der Waals surface area contributed by atoms with E-state index in [1.165, 1.54) is 18.5 Å². The molecule has 4 rings (SSSR count). The second kappa shape index (κ2) is 8.28. The third kappa shape index (κ3) is 3.98. The Bertz CT molecular complexity index is 1130. The van der Waals surface area contributed by atoms with Crippen molar-refractivity contribution in [2.75, 3.05) is 11.9 Å². The Kier molecular flexibility index (Phi) is 5.38. The molecule has 0 spiro atoms. The lowest BCUT2D eigenvalue weighted by atomic mass is 9.95. The molecule has 1 aromatic carbocycles. The quantitative estimate of drug-likeness (QED) is 0.651. The minimum atomic E-state index is -0.779. The van der Waals surface area contributed by atoms with Crippen molar-refractivity contribution < 1.29 is 14.4 Å². The number of rotatable bonds is 3. The zero-order chi connectivity index (χ0) is 21.1. The van der Waals surface area contributed by atoms with E-state index in [0.717, 1.165) is 35.7 Å². The number of anilines is 1. The second-order valence-electron chi connectivity index (χ2n) is 7.25. The molecule has 0 unspecified atom stereocenters. The average molecular weight is 403 g/mol. The number of fused-ring (bicyclic) bond motifs is 1. The lowest BCUT2D eigenvalue weighted by Crippen LogP contribution is -2.44. The van der Waals surface area contributed by atoms with Crippen LogP contribution in [0.1, 0.15) is 41.2 Å². The van der Waals surface area contributed by atoms with Gasteiger partial charge in [-0.05, 0) is 43.0 Å². The molecule has 1 saturated heterocycles. The number of carbonyl (C=O) groups excluding carboxylic acids is 3. The van der Waals surface area contributed by atoms with Gasteiger partial charge in [-0.3, -0.25) is 24.4 Å². The lowest BCUT2D eigenvalue weighted by molar-refractivity contribution is -0.145. The fourth-order valence-electron chi connectivity index (χ4n) is 3.75. The third-order valence-electron chi connectivity index (χ3n) is 5.23. The molecule has 1 aliphatic heterocycles. The highest BCUT2D eigenvalue weighted by Crippen LogP contribution is 2.32. The van der Waals surface area contributed by atoms with E-state index in [1.54, 1.807) is 11.1 Å². The molecule has 1 fully saturated rings. The Morgan fingerprint density at radius 1 is 1.07 bits per heavy atom. The molecular weight excluding hydrogens is 382 g/mol. The first-order chi connectivity index (χ1) is 14.5. The number of benzene rings is 1. The van der Waals surface area contributed by atoms with Crippen LogP contribution in [-0.2, 0) is 9.59 Å². The smallest absolute Gasteiger partial charge is 0.313 e. The van der Waals surface area contributed by atoms with Crippen molar-refractivity contribution >= 4 is 34.3 Å². The molecule has 1 aliphatic rings. The number of aromatic nitrogens is 2. The molecule has 3 amide bonds. The third-order valence-corrected chi connectivity index (χ3v) is 5.23. The van der Waals surface area contributed by atoms with Gasteiger partial charge in [0, 0.05) is 24.3 Å². The Morgan fingerprint density at radius 3 is 2.73 bits per heavy atom. The summed E-state index contributed by atoms with van der Waals surface area (Å²) in [6, 6.07) is 11.0. The summed E-state index contributed by atoms with van der Waals surface area (Å²) in [7, 11) is 0. The van der Waals surface area contributed by atoms with Gasteiger partial charge in [0.05, 0.1) is 29.0 Å². The van der Waals surface area contributed by atoms with E-state index in [4.69, 9.17) is 5.73 Å². The molecule has 0 bridgehead atoms. The van der Waals surface area contributed by atoms with Crippen molar-refractivity contribution in [1.29, 1.82) is 0 Å². The van der Waals surface area contributed by atoms with Crippen molar-refractivity contribution in [1.82, 2.24) is 14.9 Å². The summed E-state index contributed by atoms with van der Waals surface area (Å²) in [6.07, 6.45) is 6.99. The van der Waals surface area contributed by atoms with E-state index in [2.05, 4.69) is 15.3 Å². The van der Waals surface area contributed by atoms with Gasteiger partial charge in [-0.1, -0.05) is 18.2 Å². The molecule has 0 saturated carbocycles. The van der Waals surface area contributed by atoms with Gasteiger partial charge in [-0.15, -0.1) is 0 Å². The number of nitrogens with one attached hydrogen (secondary N) is 1. The summed E-state index contributed by atoms with van der Waals surface area (Å²) in [4.78, 5) is 46.8. The fraction of sp³-hybridized carbons (Fsp3) is 0.227. The number of piperidine rings is 1. The van der Waals surface area contributed by atoms with Crippen LogP contribution < -0.4 is 11.1 Å². The minimum absolute atomic E-state index is 0.151. The molecule has 3 aromatic rings. The van der Waals surface area contributed by atoms with Crippen molar-refractivity contribution in [3.05, 3.63) is 66.1 Å². The van der Waals surface area contributed by atoms with Crippen molar-refractivity contribution in [2.24, 2.45) is 5.73 Å². The monoisotopic (exact) mass is 403 g/mol. The number of nitrogens with two attached hydrogens (primary N) is 1. The number of primary amides is 1. The van der Waals surface area contributed by atoms with Crippen molar-refractivity contribution in [3.8, 4) is 0 Å². The lowest BCUT2D eigenvalue weighted by Gasteiger charge is -2.35. The number of carbonyl (C=O) groups is 3. The van der Waals surface area contributed by atoms with E-state index in [0.29, 0.717) is 6.54 Å². The van der Waals surface area contributed by atoms with Crippen LogP contribution >= 0.6 is 0 Å². The summed E-state index contributed by atoms with van der Waals surface area (Å²) in [5.41, 5.74) is 7.43. The maximum atomic E-state index is 13.0. The predicted octanol–water partition coefficient (Wildman–Crippen LogP) is 2.42. The Morgan fingerprint density at radius 2 is 1.90 bits per heavy atom. The molecule has 152 valence electrons. The normalized spacial score (nSPS) is 16.3. The summed E-state index contributed by atoms with van der Waals surface area (Å²) in [6.45, 7) is 0.489. The summed E-state index contributed by atoms with van der Waals surface area (Å²) in [5, 5.41) is 3.51. The second-order valence-corrected chi connectivity index (χ2v) is 7.25. The molecule has 2 aromatic heterocycles. The molecule has 8 heteroatoms. The number of amides is 3. The van der Waals surface area contributed by atoms with Gasteiger partial charge in [-0.2, -0.15) is 0 Å². The highest BCUT2D eigenvalue weighted by Gasteiger charge is 2.32. The topological polar surface area (TPSA) is 118 Å². The zero-order valence-electron chi connectivity index (χ0n) is 16.2. The van der Waals surface area contributed by atoms with Crippen LogP contribution in [0.3, 0.4) is 0 Å². The van der Waals surface area contributed by atoms with Crippen LogP contribution in [0.4, 0.5) is 5.69 Å². The van der Waals surface area contributed by atoms with E-state index in [1.807, 2.05) is 30.3 Å². The van der Waals surface area contributed by atoms with Crippen LogP contribution in [0.15, 0.2) is 55.0 Å². The first kappa shape index (κ1) is 19.5. The zero-order valence-corrected chi connectivity index (χ0v) is 16.2. The van der Waals surface area contributed by atoms with Crippen molar-refractivity contribution in [2.45, 2.75) is 25.3 Å². The molecule has 1 atom stereocenters. The van der Waals surface area contributed by atoms with E-state index >= 15 is 0 Å². The summed E-state index contributed by atoms with van der Waals surface area (Å²) in [5.74, 6) is -2.07. The van der Waals surface area contributed by atoms with Gasteiger partial charge in [0.1, 0.15) is 0 Å². The Balaban J connectivity index is 1.55. The highest BCUT2D eigenvalue weighted by molar-refractivity contribution is 6.39. The van der Waals surface area contributed by atoms with Crippen LogP contribution in [-0.4, -0.2) is 39.1 Å². The minimum Gasteiger partial charge on any atom is -0.366 e. The van der Waals surface area contributed by atoms with Gasteiger partial charge in [0.2, 0.25) is 5.91 Å². The van der Waals surface area contributed by atoms with E-state index in [-0.39, 0.29) is 17.3 Å². The molecule has 3 heterocycles. The van der Waals surface area contributed by atoms with Crippen LogP contribution in [0, 0.1) is 0 Å². The number of hydrogen-bond acceptors (Lipinski definition) is 5. The van der Waals surface area contributed by atoms with Crippen molar-refractivity contribution in [3.63, 3.8) is 0 Å². The molecule has 3 N–H and O–H groups in total. The van der Waals surface area contributed by atoms with Gasteiger partial charge < -0.3 is 16.0 Å². The van der Waals surface area contributed by atoms with Gasteiger partial charge >= 0.3 is 11.8 Å². The maximum absolute atomic E-state index is 13.0.